The summed E-state index contributed by atoms with van der Waals surface area (Å²) in [5, 5.41) is 7.47. The van der Waals surface area contributed by atoms with E-state index < -0.39 is 12.7 Å². The number of rotatable bonds is 8. The van der Waals surface area contributed by atoms with E-state index in [1.54, 1.807) is 48.7 Å². The van der Waals surface area contributed by atoms with Crippen molar-refractivity contribution in [3.8, 4) is 10.7 Å². The summed E-state index contributed by atoms with van der Waals surface area (Å²) < 4.78 is 43.2. The van der Waals surface area contributed by atoms with Crippen LogP contribution in [0.2, 0.25) is 0 Å². The van der Waals surface area contributed by atoms with Gasteiger partial charge in [0.1, 0.15) is 5.01 Å². The van der Waals surface area contributed by atoms with E-state index in [9.17, 15) is 18.0 Å². The van der Waals surface area contributed by atoms with E-state index in [0.717, 1.165) is 41.1 Å². The monoisotopic (exact) mass is 527 g/mol. The van der Waals surface area contributed by atoms with Crippen molar-refractivity contribution in [2.24, 2.45) is 0 Å². The van der Waals surface area contributed by atoms with Crippen LogP contribution in [0.3, 0.4) is 0 Å². The lowest BCUT2D eigenvalue weighted by Crippen LogP contribution is -2.36. The number of halogens is 3. The highest BCUT2D eigenvalue weighted by Crippen LogP contribution is 2.39. The second-order valence-electron chi connectivity index (χ2n) is 9.25. The summed E-state index contributed by atoms with van der Waals surface area (Å²) in [5.41, 5.74) is 2.00. The van der Waals surface area contributed by atoms with Crippen molar-refractivity contribution in [2.45, 2.75) is 38.1 Å². The molecule has 2 N–H and O–H groups in total. The average molecular weight is 528 g/mol. The minimum Gasteiger partial charge on any atom is -0.382 e. The number of carbonyl (C=O) groups is 1. The fourth-order valence-corrected chi connectivity index (χ4v) is 5.52. The summed E-state index contributed by atoms with van der Waals surface area (Å²) in [6, 6.07) is 16.1. The molecule has 1 atom stereocenters. The van der Waals surface area contributed by atoms with Gasteiger partial charge in [0.2, 0.25) is 6.30 Å². The van der Waals surface area contributed by atoms with E-state index in [2.05, 4.69) is 27.6 Å². The zero-order valence-corrected chi connectivity index (χ0v) is 21.1. The fraction of sp³-hybridized carbons (Fsp3) is 0.333. The van der Waals surface area contributed by atoms with Gasteiger partial charge in [-0.25, -0.2) is 18.2 Å². The van der Waals surface area contributed by atoms with Gasteiger partial charge in [0, 0.05) is 33.8 Å². The van der Waals surface area contributed by atoms with Crippen molar-refractivity contribution >= 4 is 33.8 Å². The molecule has 0 bridgehead atoms. The van der Waals surface area contributed by atoms with Crippen LogP contribution < -0.4 is 10.6 Å². The topological polar surface area (TPSA) is 62.2 Å². The normalized spacial score (nSPS) is 15.8. The summed E-state index contributed by atoms with van der Waals surface area (Å²) in [5.74, 6) is -0.226. The van der Waals surface area contributed by atoms with E-state index in [-0.39, 0.29) is 24.2 Å². The molecule has 2 aromatic heterocycles. The van der Waals surface area contributed by atoms with Gasteiger partial charge in [0.15, 0.2) is 0 Å². The van der Waals surface area contributed by atoms with Crippen LogP contribution >= 0.6 is 11.3 Å². The molecule has 1 aliphatic rings. The first-order chi connectivity index (χ1) is 17.9. The standard InChI is InChI=1S/C27H28F3N5OS/c1-34-12-10-18(11-13-34)33-21-8-5-9-22-20(21)14-23(35(22)25(30)24(28)29)27-32-16-19(37-27)15-31-26(36)17-6-3-2-4-7-17/h2-9,14,16,18,24-25,33H,10-13,15H2,1H3,(H,31,36). The Balaban J connectivity index is 1.43. The van der Waals surface area contributed by atoms with Crippen molar-refractivity contribution in [3.63, 3.8) is 0 Å². The SMILES string of the molecule is CN1CCC(Nc2cccc3c2cc(-c2ncc(CNC(=O)c4ccccc4)s2)n3C(F)C(F)F)CC1. The lowest BCUT2D eigenvalue weighted by molar-refractivity contribution is 0.0115. The minimum absolute atomic E-state index is 0.225. The molecular formula is C27H28F3N5OS. The summed E-state index contributed by atoms with van der Waals surface area (Å²) in [6.45, 7) is 2.17. The van der Waals surface area contributed by atoms with Gasteiger partial charge in [-0.2, -0.15) is 0 Å². The summed E-state index contributed by atoms with van der Waals surface area (Å²) in [7, 11) is 2.09. The lowest BCUT2D eigenvalue weighted by Gasteiger charge is -2.30. The van der Waals surface area contributed by atoms with Gasteiger partial charge in [0.05, 0.1) is 17.8 Å². The molecular weight excluding hydrogens is 499 g/mol. The van der Waals surface area contributed by atoms with Crippen molar-refractivity contribution in [1.82, 2.24) is 19.8 Å². The number of hydrogen-bond acceptors (Lipinski definition) is 5. The van der Waals surface area contributed by atoms with Crippen LogP contribution in [0.1, 0.15) is 34.4 Å². The molecule has 0 spiro atoms. The molecule has 37 heavy (non-hydrogen) atoms. The van der Waals surface area contributed by atoms with Gasteiger partial charge >= 0.3 is 0 Å². The molecule has 1 saturated heterocycles. The first-order valence-electron chi connectivity index (χ1n) is 12.2. The quantitative estimate of drug-likeness (QED) is 0.298. The maximum Gasteiger partial charge on any atom is 0.288 e. The number of carbonyl (C=O) groups excluding carboxylic acids is 1. The third kappa shape index (κ3) is 5.50. The first kappa shape index (κ1) is 25.3. The number of nitrogens with zero attached hydrogens (tertiary/aromatic N) is 3. The molecule has 5 rings (SSSR count). The number of aromatic nitrogens is 2. The van der Waals surface area contributed by atoms with Crippen molar-refractivity contribution < 1.29 is 18.0 Å². The zero-order valence-electron chi connectivity index (χ0n) is 20.3. The van der Waals surface area contributed by atoms with E-state index in [1.807, 2.05) is 12.1 Å². The number of alkyl halides is 3. The number of fused-ring (bicyclic) bond motifs is 1. The highest BCUT2D eigenvalue weighted by atomic mass is 32.1. The van der Waals surface area contributed by atoms with Crippen LogP contribution in [-0.2, 0) is 6.54 Å². The van der Waals surface area contributed by atoms with Crippen LogP contribution in [0.25, 0.3) is 21.6 Å². The molecule has 1 unspecified atom stereocenters. The first-order valence-corrected chi connectivity index (χ1v) is 13.0. The van der Waals surface area contributed by atoms with Crippen molar-refractivity contribution in [1.29, 1.82) is 0 Å². The third-order valence-electron chi connectivity index (χ3n) is 6.65. The number of anilines is 1. The maximum absolute atomic E-state index is 15.0. The number of piperidine rings is 1. The predicted molar refractivity (Wildman–Crippen MR) is 141 cm³/mol. The van der Waals surface area contributed by atoms with Crippen LogP contribution in [0.5, 0.6) is 0 Å². The van der Waals surface area contributed by atoms with Crippen molar-refractivity contribution in [3.05, 3.63) is 71.2 Å². The minimum atomic E-state index is -3.19. The summed E-state index contributed by atoms with van der Waals surface area (Å²) in [4.78, 5) is 19.8. The van der Waals surface area contributed by atoms with Crippen LogP contribution in [-0.4, -0.2) is 53.0 Å². The molecule has 0 radical (unpaired) electrons. The molecule has 0 saturated carbocycles. The molecule has 1 aliphatic heterocycles. The van der Waals surface area contributed by atoms with E-state index in [0.29, 0.717) is 21.5 Å². The molecule has 10 heteroatoms. The fourth-order valence-electron chi connectivity index (χ4n) is 4.66. The number of hydrogen-bond donors (Lipinski definition) is 2. The largest absolute Gasteiger partial charge is 0.382 e. The van der Waals surface area contributed by atoms with E-state index in [4.69, 9.17) is 0 Å². The zero-order chi connectivity index (χ0) is 25.9. The second kappa shape index (κ2) is 10.9. The predicted octanol–water partition coefficient (Wildman–Crippen LogP) is 5.93. The van der Waals surface area contributed by atoms with Crippen LogP contribution in [0.15, 0.2) is 60.8 Å². The average Bonchev–Trinajstić information content (AvgIpc) is 3.54. The van der Waals surface area contributed by atoms with Gasteiger partial charge in [-0.15, -0.1) is 11.3 Å². The Labute approximate surface area is 217 Å². The Kier molecular flexibility index (Phi) is 7.48. The van der Waals surface area contributed by atoms with Gasteiger partial charge in [-0.05, 0) is 63.3 Å². The van der Waals surface area contributed by atoms with E-state index in [1.165, 1.54) is 11.3 Å². The number of thiazole rings is 1. The second-order valence-corrected chi connectivity index (χ2v) is 10.4. The Morgan fingerprint density at radius 1 is 1.11 bits per heavy atom. The number of amides is 1. The molecule has 3 heterocycles. The number of likely N-dealkylation sites (tertiary alicyclic amines) is 1. The molecule has 0 aliphatic carbocycles. The van der Waals surface area contributed by atoms with Gasteiger partial charge in [-0.3, -0.25) is 4.79 Å². The van der Waals surface area contributed by atoms with Crippen molar-refractivity contribution in [2.75, 3.05) is 25.5 Å². The summed E-state index contributed by atoms with van der Waals surface area (Å²) in [6.07, 6.45) is -2.19. The Bertz CT molecular complexity index is 1370. The van der Waals surface area contributed by atoms with Crippen LogP contribution in [0, 0.1) is 0 Å². The molecule has 1 fully saturated rings. The van der Waals surface area contributed by atoms with Gasteiger partial charge in [-0.1, -0.05) is 24.3 Å². The third-order valence-corrected chi connectivity index (χ3v) is 7.67. The number of benzene rings is 2. The van der Waals surface area contributed by atoms with Gasteiger partial charge in [0.25, 0.3) is 12.3 Å². The number of nitrogens with one attached hydrogen (secondary N) is 2. The Morgan fingerprint density at radius 3 is 2.59 bits per heavy atom. The maximum atomic E-state index is 15.0. The lowest BCUT2D eigenvalue weighted by atomic mass is 10.0. The Morgan fingerprint density at radius 2 is 1.86 bits per heavy atom. The van der Waals surface area contributed by atoms with Crippen LogP contribution in [0.4, 0.5) is 18.9 Å². The molecule has 4 aromatic rings. The molecule has 6 nitrogen and oxygen atoms in total. The van der Waals surface area contributed by atoms with E-state index >= 15 is 0 Å². The molecule has 194 valence electrons. The Hall–Kier alpha value is -3.37. The molecule has 2 aromatic carbocycles. The highest BCUT2D eigenvalue weighted by Gasteiger charge is 2.28. The highest BCUT2D eigenvalue weighted by molar-refractivity contribution is 7.15. The molecule has 1 amide bonds. The smallest absolute Gasteiger partial charge is 0.288 e. The summed E-state index contributed by atoms with van der Waals surface area (Å²) >= 11 is 1.24. The van der Waals surface area contributed by atoms with Gasteiger partial charge < -0.3 is 20.1 Å².